The summed E-state index contributed by atoms with van der Waals surface area (Å²) in [6.45, 7) is 1.77. The molecule has 1 aliphatic heterocycles. The van der Waals surface area contributed by atoms with Gasteiger partial charge < -0.3 is 9.64 Å². The summed E-state index contributed by atoms with van der Waals surface area (Å²) in [7, 11) is 0. The third-order valence-corrected chi connectivity index (χ3v) is 4.14. The largest absolute Gasteiger partial charge is 0.457 e. The minimum absolute atomic E-state index is 0.00766. The van der Waals surface area contributed by atoms with Crippen LogP contribution in [-0.2, 0) is 11.3 Å². The van der Waals surface area contributed by atoms with E-state index in [-0.39, 0.29) is 11.6 Å². The zero-order chi connectivity index (χ0) is 16.2. The number of hydrogen-bond acceptors (Lipinski definition) is 4. The van der Waals surface area contributed by atoms with Crippen LogP contribution in [-0.4, -0.2) is 24.0 Å². The van der Waals surface area contributed by atoms with Crippen molar-refractivity contribution in [3.05, 3.63) is 58.5 Å². The van der Waals surface area contributed by atoms with Crippen molar-refractivity contribution in [3.8, 4) is 0 Å². The van der Waals surface area contributed by atoms with Gasteiger partial charge in [-0.1, -0.05) is 17.7 Å². The van der Waals surface area contributed by atoms with Gasteiger partial charge in [0.1, 0.15) is 23.8 Å². The molecule has 0 atom stereocenters. The lowest BCUT2D eigenvalue weighted by Gasteiger charge is -2.19. The Morgan fingerprint density at radius 3 is 2.83 bits per heavy atom. The van der Waals surface area contributed by atoms with Gasteiger partial charge in [0.15, 0.2) is 0 Å². The van der Waals surface area contributed by atoms with Gasteiger partial charge in [-0.05, 0) is 37.1 Å². The van der Waals surface area contributed by atoms with Crippen LogP contribution >= 0.6 is 11.6 Å². The van der Waals surface area contributed by atoms with Crippen LogP contribution in [0.15, 0.2) is 36.5 Å². The van der Waals surface area contributed by atoms with Crippen LogP contribution in [0.4, 0.5) is 10.2 Å². The molecule has 0 unspecified atom stereocenters. The molecular weight excluding hydrogens is 319 g/mol. The van der Waals surface area contributed by atoms with Crippen molar-refractivity contribution >= 4 is 23.4 Å². The molecule has 0 N–H and O–H groups in total. The minimum Gasteiger partial charge on any atom is -0.457 e. The molecule has 0 aliphatic carbocycles. The van der Waals surface area contributed by atoms with E-state index in [0.717, 1.165) is 25.9 Å². The third-order valence-electron chi connectivity index (χ3n) is 3.79. The van der Waals surface area contributed by atoms with Crippen LogP contribution in [0.25, 0.3) is 0 Å². The first-order valence-electron chi connectivity index (χ1n) is 7.46. The summed E-state index contributed by atoms with van der Waals surface area (Å²) in [6.07, 6.45) is 3.85. The van der Waals surface area contributed by atoms with E-state index in [2.05, 4.69) is 9.88 Å². The highest BCUT2D eigenvalue weighted by atomic mass is 35.5. The highest BCUT2D eigenvalue weighted by Gasteiger charge is 2.21. The maximum atomic E-state index is 13.0. The average Bonchev–Trinajstić information content (AvgIpc) is 3.08. The highest BCUT2D eigenvalue weighted by molar-refractivity contribution is 6.31. The number of pyridine rings is 1. The molecule has 0 saturated carbocycles. The van der Waals surface area contributed by atoms with Crippen LogP contribution in [0.5, 0.6) is 0 Å². The van der Waals surface area contributed by atoms with Crippen molar-refractivity contribution in [2.75, 3.05) is 18.0 Å². The average molecular weight is 335 g/mol. The van der Waals surface area contributed by atoms with E-state index in [1.165, 1.54) is 18.2 Å². The van der Waals surface area contributed by atoms with Gasteiger partial charge in [0.25, 0.3) is 0 Å². The molecule has 0 amide bonds. The number of halogens is 2. The predicted molar refractivity (Wildman–Crippen MR) is 86.2 cm³/mol. The molecule has 1 saturated heterocycles. The van der Waals surface area contributed by atoms with Gasteiger partial charge in [-0.15, -0.1) is 0 Å². The van der Waals surface area contributed by atoms with Gasteiger partial charge in [-0.3, -0.25) is 0 Å². The summed E-state index contributed by atoms with van der Waals surface area (Å²) < 4.78 is 18.4. The number of carbonyl (C=O) groups excluding carboxylic acids is 1. The van der Waals surface area contributed by atoms with E-state index >= 15 is 0 Å². The van der Waals surface area contributed by atoms with Crippen molar-refractivity contribution in [1.29, 1.82) is 0 Å². The van der Waals surface area contributed by atoms with Gasteiger partial charge in [-0.2, -0.15) is 0 Å². The molecule has 1 aliphatic rings. The number of benzene rings is 1. The fourth-order valence-corrected chi connectivity index (χ4v) is 2.82. The fraction of sp³-hybridized carbons (Fsp3) is 0.294. The van der Waals surface area contributed by atoms with Gasteiger partial charge >= 0.3 is 5.97 Å². The van der Waals surface area contributed by atoms with E-state index in [1.807, 2.05) is 0 Å². The Hall–Kier alpha value is -2.14. The van der Waals surface area contributed by atoms with Crippen LogP contribution in [0.1, 0.15) is 28.8 Å². The number of carbonyl (C=O) groups is 1. The number of rotatable bonds is 4. The smallest absolute Gasteiger partial charge is 0.342 e. The maximum absolute atomic E-state index is 13.0. The van der Waals surface area contributed by atoms with Crippen LogP contribution in [0, 0.1) is 5.82 Å². The SMILES string of the molecule is O=C(OCc1ccc(F)cc1Cl)c1cccnc1N1CCCC1. The lowest BCUT2D eigenvalue weighted by atomic mass is 10.2. The van der Waals surface area contributed by atoms with Crippen LogP contribution in [0.2, 0.25) is 5.02 Å². The fourth-order valence-electron chi connectivity index (χ4n) is 2.60. The highest BCUT2D eigenvalue weighted by Crippen LogP contribution is 2.24. The first kappa shape index (κ1) is 15.7. The van der Waals surface area contributed by atoms with Gasteiger partial charge in [-0.25, -0.2) is 14.2 Å². The molecular formula is C17H16ClFN2O2. The van der Waals surface area contributed by atoms with Gasteiger partial charge in [0.05, 0.1) is 5.02 Å². The molecule has 1 aromatic carbocycles. The molecule has 23 heavy (non-hydrogen) atoms. The van der Waals surface area contributed by atoms with E-state index < -0.39 is 11.8 Å². The Morgan fingerprint density at radius 1 is 1.30 bits per heavy atom. The molecule has 2 heterocycles. The Bertz CT molecular complexity index is 717. The number of esters is 1. The van der Waals surface area contributed by atoms with Gasteiger partial charge in [0, 0.05) is 24.8 Å². The topological polar surface area (TPSA) is 42.4 Å². The summed E-state index contributed by atoms with van der Waals surface area (Å²) in [5.74, 6) is -0.228. The zero-order valence-corrected chi connectivity index (χ0v) is 13.2. The van der Waals surface area contributed by atoms with Crippen molar-refractivity contribution in [3.63, 3.8) is 0 Å². The lowest BCUT2D eigenvalue weighted by Crippen LogP contribution is -2.22. The number of nitrogens with zero attached hydrogens (tertiary/aromatic N) is 2. The predicted octanol–water partition coefficient (Wildman–Crippen LogP) is 3.83. The maximum Gasteiger partial charge on any atom is 0.342 e. The molecule has 3 rings (SSSR count). The Balaban J connectivity index is 1.73. The third kappa shape index (κ3) is 3.62. The van der Waals surface area contributed by atoms with Crippen LogP contribution in [0.3, 0.4) is 0 Å². The van der Waals surface area contributed by atoms with Crippen LogP contribution < -0.4 is 4.90 Å². The Labute approximate surface area is 138 Å². The first-order chi connectivity index (χ1) is 11.1. The van der Waals surface area contributed by atoms with Crippen molar-refractivity contribution in [1.82, 2.24) is 4.98 Å². The standard InChI is InChI=1S/C17H16ClFN2O2/c18-15-10-13(19)6-5-12(15)11-23-17(22)14-4-3-7-20-16(14)21-8-1-2-9-21/h3-7,10H,1-2,8-9,11H2. The van der Waals surface area contributed by atoms with Crippen molar-refractivity contribution in [2.24, 2.45) is 0 Å². The quantitative estimate of drug-likeness (QED) is 0.797. The number of ether oxygens (including phenoxy) is 1. The molecule has 120 valence electrons. The first-order valence-corrected chi connectivity index (χ1v) is 7.84. The Kier molecular flexibility index (Phi) is 4.76. The summed E-state index contributed by atoms with van der Waals surface area (Å²) in [4.78, 5) is 18.8. The van der Waals surface area contributed by atoms with Crippen molar-refractivity contribution < 1.29 is 13.9 Å². The van der Waals surface area contributed by atoms with E-state index in [1.54, 1.807) is 18.3 Å². The molecule has 0 radical (unpaired) electrons. The molecule has 0 bridgehead atoms. The number of aromatic nitrogens is 1. The van der Waals surface area contributed by atoms with Crippen molar-refractivity contribution in [2.45, 2.75) is 19.4 Å². The Morgan fingerprint density at radius 2 is 2.09 bits per heavy atom. The van der Waals surface area contributed by atoms with E-state index in [9.17, 15) is 9.18 Å². The molecule has 1 aromatic heterocycles. The monoisotopic (exact) mass is 334 g/mol. The normalized spacial score (nSPS) is 14.1. The molecule has 0 spiro atoms. The second kappa shape index (κ2) is 6.96. The molecule has 1 fully saturated rings. The summed E-state index contributed by atoms with van der Waals surface area (Å²) in [5, 5.41) is 0.240. The summed E-state index contributed by atoms with van der Waals surface area (Å²) in [5.41, 5.74) is 1.00. The summed E-state index contributed by atoms with van der Waals surface area (Å²) >= 11 is 5.94. The zero-order valence-electron chi connectivity index (χ0n) is 12.5. The second-order valence-electron chi connectivity index (χ2n) is 5.38. The van der Waals surface area contributed by atoms with Gasteiger partial charge in [0.2, 0.25) is 0 Å². The number of hydrogen-bond donors (Lipinski definition) is 0. The molecule has 4 nitrogen and oxygen atoms in total. The molecule has 2 aromatic rings. The van der Waals surface area contributed by atoms with E-state index in [0.29, 0.717) is 16.9 Å². The summed E-state index contributed by atoms with van der Waals surface area (Å²) in [6, 6.07) is 7.41. The minimum atomic E-state index is -0.458. The van der Waals surface area contributed by atoms with E-state index in [4.69, 9.17) is 16.3 Å². The molecule has 6 heteroatoms. The lowest BCUT2D eigenvalue weighted by molar-refractivity contribution is 0.0473. The number of anilines is 1. The second-order valence-corrected chi connectivity index (χ2v) is 5.79.